The summed E-state index contributed by atoms with van der Waals surface area (Å²) in [5.41, 5.74) is 2.33. The van der Waals surface area contributed by atoms with E-state index in [4.69, 9.17) is 11.6 Å². The van der Waals surface area contributed by atoms with E-state index >= 15 is 4.39 Å². The van der Waals surface area contributed by atoms with Crippen molar-refractivity contribution in [3.05, 3.63) is 47.2 Å². The number of imidazole rings is 1. The minimum atomic E-state index is -3.20. The lowest BCUT2D eigenvalue weighted by Crippen LogP contribution is -2.49. The summed E-state index contributed by atoms with van der Waals surface area (Å²) < 4.78 is 40.2. The Hall–Kier alpha value is -2.65. The maximum absolute atomic E-state index is 15.7. The molecule has 1 amide bonds. The number of hydrogen-bond donors (Lipinski definition) is 0. The number of aromatic nitrogens is 2. The average Bonchev–Trinajstić information content (AvgIpc) is 3.09. The summed E-state index contributed by atoms with van der Waals surface area (Å²) in [6.45, 7) is 1.53. The van der Waals surface area contributed by atoms with E-state index in [9.17, 15) is 13.2 Å². The number of aryl methyl sites for hydroxylation is 1. The third kappa shape index (κ3) is 4.45. The molecule has 4 rings (SSSR count). The number of anilines is 1. The lowest BCUT2D eigenvalue weighted by Gasteiger charge is -2.36. The fraction of sp³-hybridized carbons (Fsp3) is 0.364. The van der Waals surface area contributed by atoms with E-state index in [-0.39, 0.29) is 18.1 Å². The normalized spacial score (nSPS) is 14.9. The van der Waals surface area contributed by atoms with Gasteiger partial charge in [0.2, 0.25) is 5.91 Å². The lowest BCUT2D eigenvalue weighted by molar-refractivity contribution is -0.131. The number of benzene rings is 2. The molecule has 0 spiro atoms. The second-order valence-electron chi connectivity index (χ2n) is 7.99. The number of sulfone groups is 1. The molecule has 0 N–H and O–H groups in total. The molecule has 0 saturated carbocycles. The second kappa shape index (κ2) is 8.71. The van der Waals surface area contributed by atoms with E-state index in [1.807, 2.05) is 40.8 Å². The van der Waals surface area contributed by atoms with Gasteiger partial charge in [-0.15, -0.1) is 0 Å². The highest BCUT2D eigenvalue weighted by atomic mass is 35.5. The van der Waals surface area contributed by atoms with Crippen molar-refractivity contribution in [2.45, 2.75) is 6.42 Å². The Balaban J connectivity index is 1.56. The topological polar surface area (TPSA) is 75.5 Å². The fourth-order valence-electron chi connectivity index (χ4n) is 4.00. The van der Waals surface area contributed by atoms with Gasteiger partial charge in [0.05, 0.1) is 33.1 Å². The maximum atomic E-state index is 15.7. The SMILES string of the molecule is Cn1c(-c2ccc(Cl)c(N3CCN(C(=O)CCS(C)(=O)=O)CC3)c2F)nc2ccccc21. The summed E-state index contributed by atoms with van der Waals surface area (Å²) in [6.07, 6.45) is 1.07. The van der Waals surface area contributed by atoms with Gasteiger partial charge in [0.1, 0.15) is 15.7 Å². The first-order valence-corrected chi connectivity index (χ1v) is 12.7. The molecule has 1 fully saturated rings. The summed E-state index contributed by atoms with van der Waals surface area (Å²) >= 11 is 6.38. The number of carbonyl (C=O) groups excluding carboxylic acids is 1. The van der Waals surface area contributed by atoms with E-state index in [0.29, 0.717) is 48.3 Å². The molecule has 7 nitrogen and oxygen atoms in total. The van der Waals surface area contributed by atoms with Crippen LogP contribution in [0.2, 0.25) is 5.02 Å². The summed E-state index contributed by atoms with van der Waals surface area (Å²) in [5, 5.41) is 0.293. The summed E-state index contributed by atoms with van der Waals surface area (Å²) in [7, 11) is -1.35. The average molecular weight is 479 g/mol. The third-order valence-corrected chi connectivity index (χ3v) is 6.98. The van der Waals surface area contributed by atoms with E-state index in [1.54, 1.807) is 17.0 Å². The minimum absolute atomic E-state index is 0.0455. The molecule has 0 unspecified atom stereocenters. The Morgan fingerprint density at radius 3 is 2.47 bits per heavy atom. The molecule has 0 radical (unpaired) electrons. The molecule has 10 heteroatoms. The van der Waals surface area contributed by atoms with E-state index in [0.717, 1.165) is 17.3 Å². The molecule has 170 valence electrons. The highest BCUT2D eigenvalue weighted by Crippen LogP contribution is 2.36. The van der Waals surface area contributed by atoms with Gasteiger partial charge < -0.3 is 14.4 Å². The van der Waals surface area contributed by atoms with Crippen molar-refractivity contribution in [1.82, 2.24) is 14.5 Å². The van der Waals surface area contributed by atoms with Crippen molar-refractivity contribution in [2.24, 2.45) is 7.05 Å². The smallest absolute Gasteiger partial charge is 0.223 e. The molecule has 1 aromatic heterocycles. The van der Waals surface area contributed by atoms with Gasteiger partial charge in [-0.3, -0.25) is 4.79 Å². The lowest BCUT2D eigenvalue weighted by atomic mass is 10.1. The number of piperazine rings is 1. The predicted octanol–water partition coefficient (Wildman–Crippen LogP) is 3.12. The van der Waals surface area contributed by atoms with Crippen LogP contribution in [0.25, 0.3) is 22.4 Å². The Kier molecular flexibility index (Phi) is 6.13. The van der Waals surface area contributed by atoms with Gasteiger partial charge >= 0.3 is 0 Å². The summed E-state index contributed by atoms with van der Waals surface area (Å²) in [6, 6.07) is 10.9. The van der Waals surface area contributed by atoms with Crippen LogP contribution < -0.4 is 4.90 Å². The van der Waals surface area contributed by atoms with Gasteiger partial charge in [0.15, 0.2) is 5.82 Å². The van der Waals surface area contributed by atoms with Crippen LogP contribution >= 0.6 is 11.6 Å². The number of rotatable bonds is 5. The van der Waals surface area contributed by atoms with E-state index in [2.05, 4.69) is 4.98 Å². The van der Waals surface area contributed by atoms with Gasteiger partial charge in [-0.2, -0.15) is 0 Å². The predicted molar refractivity (Wildman–Crippen MR) is 124 cm³/mol. The van der Waals surface area contributed by atoms with Crippen molar-refractivity contribution in [1.29, 1.82) is 0 Å². The van der Waals surface area contributed by atoms with Crippen LogP contribution in [-0.4, -0.2) is 67.0 Å². The van der Waals surface area contributed by atoms with E-state index < -0.39 is 15.7 Å². The highest BCUT2D eigenvalue weighted by Gasteiger charge is 2.27. The molecule has 0 bridgehead atoms. The van der Waals surface area contributed by atoms with Gasteiger partial charge in [0, 0.05) is 45.9 Å². The van der Waals surface area contributed by atoms with Crippen LogP contribution in [-0.2, 0) is 21.7 Å². The van der Waals surface area contributed by atoms with Gasteiger partial charge in [0.25, 0.3) is 0 Å². The number of para-hydroxylation sites is 2. The Labute approximate surface area is 191 Å². The number of fused-ring (bicyclic) bond motifs is 1. The zero-order valence-corrected chi connectivity index (χ0v) is 19.5. The molecule has 2 heterocycles. The zero-order valence-electron chi connectivity index (χ0n) is 17.9. The maximum Gasteiger partial charge on any atom is 0.223 e. The first kappa shape index (κ1) is 22.5. The van der Waals surface area contributed by atoms with Gasteiger partial charge in [-0.1, -0.05) is 23.7 Å². The monoisotopic (exact) mass is 478 g/mol. The van der Waals surface area contributed by atoms with Gasteiger partial charge in [-0.25, -0.2) is 17.8 Å². The largest absolute Gasteiger partial charge is 0.364 e. The Morgan fingerprint density at radius 1 is 1.12 bits per heavy atom. The standard InChI is InChI=1S/C22H24ClFN4O3S/c1-26-18-6-4-3-5-17(18)25-22(26)15-7-8-16(23)21(20(15)24)28-12-10-27(11-13-28)19(29)9-14-32(2,30)31/h3-8H,9-14H2,1-2H3. The molecular formula is C22H24ClFN4O3S. The number of halogens is 2. The third-order valence-electron chi connectivity index (χ3n) is 5.73. The molecule has 32 heavy (non-hydrogen) atoms. The first-order valence-electron chi connectivity index (χ1n) is 10.3. The molecule has 1 aliphatic heterocycles. The van der Waals surface area contributed by atoms with Crippen molar-refractivity contribution >= 4 is 44.1 Å². The van der Waals surface area contributed by atoms with Crippen LogP contribution in [0.4, 0.5) is 10.1 Å². The molecule has 3 aromatic rings. The van der Waals surface area contributed by atoms with Crippen LogP contribution in [0.15, 0.2) is 36.4 Å². The Morgan fingerprint density at radius 2 is 1.81 bits per heavy atom. The molecule has 1 aliphatic rings. The number of hydrogen-bond acceptors (Lipinski definition) is 5. The summed E-state index contributed by atoms with van der Waals surface area (Å²) in [4.78, 5) is 20.3. The van der Waals surface area contributed by atoms with Crippen molar-refractivity contribution in [2.75, 3.05) is 43.1 Å². The minimum Gasteiger partial charge on any atom is -0.364 e. The van der Waals surface area contributed by atoms with Gasteiger partial charge in [-0.05, 0) is 24.3 Å². The quantitative estimate of drug-likeness (QED) is 0.563. The molecular weight excluding hydrogens is 455 g/mol. The number of amides is 1. The summed E-state index contributed by atoms with van der Waals surface area (Å²) in [5.74, 6) is -0.328. The van der Waals surface area contributed by atoms with Crippen LogP contribution in [0.5, 0.6) is 0 Å². The molecule has 0 aliphatic carbocycles. The number of carbonyl (C=O) groups is 1. The van der Waals surface area contributed by atoms with Crippen LogP contribution in [0.1, 0.15) is 6.42 Å². The number of nitrogens with zero attached hydrogens (tertiary/aromatic N) is 4. The molecule has 0 atom stereocenters. The van der Waals surface area contributed by atoms with Crippen molar-refractivity contribution < 1.29 is 17.6 Å². The zero-order chi connectivity index (χ0) is 23.0. The van der Waals surface area contributed by atoms with Crippen LogP contribution in [0.3, 0.4) is 0 Å². The first-order chi connectivity index (χ1) is 15.2. The molecule has 2 aromatic carbocycles. The Bertz CT molecular complexity index is 1280. The fourth-order valence-corrected chi connectivity index (χ4v) is 4.81. The second-order valence-corrected chi connectivity index (χ2v) is 10.7. The molecule has 1 saturated heterocycles. The van der Waals surface area contributed by atoms with Crippen LogP contribution in [0, 0.1) is 5.82 Å². The van der Waals surface area contributed by atoms with Crippen molar-refractivity contribution in [3.63, 3.8) is 0 Å². The highest BCUT2D eigenvalue weighted by molar-refractivity contribution is 7.90. The van der Waals surface area contributed by atoms with E-state index in [1.165, 1.54) is 0 Å². The van der Waals surface area contributed by atoms with Crippen molar-refractivity contribution in [3.8, 4) is 11.4 Å².